The lowest BCUT2D eigenvalue weighted by molar-refractivity contribution is -0.346. The van der Waals surface area contributed by atoms with Crippen LogP contribution in [0.15, 0.2) is 71.8 Å². The molecule has 15 heteroatoms. The van der Waals surface area contributed by atoms with Gasteiger partial charge in [0, 0.05) is 25.2 Å². The van der Waals surface area contributed by atoms with Gasteiger partial charge in [-0.25, -0.2) is 14.4 Å². The van der Waals surface area contributed by atoms with Crippen LogP contribution < -0.4 is 5.32 Å². The topological polar surface area (TPSA) is 224 Å². The first-order valence-corrected chi connectivity index (χ1v) is 19.3. The number of esters is 3. The lowest BCUT2D eigenvalue weighted by Gasteiger charge is -2.67. The number of fused-ring (bicyclic) bond motifs is 5. The number of aliphatic hydroxyl groups is 4. The van der Waals surface area contributed by atoms with Crippen LogP contribution in [0.5, 0.6) is 0 Å². The number of hydrogen-bond donors (Lipinski definition) is 5. The minimum absolute atomic E-state index is 0.0637. The highest BCUT2D eigenvalue weighted by atomic mass is 16.6. The summed E-state index contributed by atoms with van der Waals surface area (Å²) >= 11 is 0. The lowest BCUT2D eigenvalue weighted by Crippen LogP contribution is -2.81. The van der Waals surface area contributed by atoms with Gasteiger partial charge in [-0.2, -0.15) is 0 Å². The van der Waals surface area contributed by atoms with Crippen molar-refractivity contribution in [3.05, 3.63) is 82.9 Å². The molecule has 2 aromatic carbocycles. The third kappa shape index (κ3) is 7.10. The molecule has 4 aliphatic rings. The molecule has 0 spiro atoms. The molecule has 2 aromatic rings. The van der Waals surface area contributed by atoms with Crippen molar-refractivity contribution in [2.24, 2.45) is 16.7 Å². The maximum Gasteiger partial charge on any atom is 0.408 e. The number of nitrogens with one attached hydrogen (secondary N) is 1. The van der Waals surface area contributed by atoms with E-state index in [2.05, 4.69) is 5.32 Å². The molecular formula is C43H53NO14. The van der Waals surface area contributed by atoms with Crippen molar-refractivity contribution in [3.63, 3.8) is 0 Å². The van der Waals surface area contributed by atoms with Gasteiger partial charge < -0.3 is 49.4 Å². The van der Waals surface area contributed by atoms with Crippen molar-refractivity contribution >= 4 is 29.8 Å². The number of hydrogen-bond acceptors (Lipinski definition) is 14. The average Bonchev–Trinajstić information content (AvgIpc) is 3.14. The molecule has 314 valence electrons. The summed E-state index contributed by atoms with van der Waals surface area (Å²) in [7, 11) is 0. The summed E-state index contributed by atoms with van der Waals surface area (Å²) in [5.41, 5.74) is -8.14. The number of Topliss-reactive ketones (excluding diaryl/α,β-unsaturated/α-hetero) is 1. The molecule has 3 aliphatic carbocycles. The highest BCUT2D eigenvalue weighted by Crippen LogP contribution is 2.64. The first-order chi connectivity index (χ1) is 27.0. The fourth-order valence-corrected chi connectivity index (χ4v) is 9.56. The molecule has 1 heterocycles. The van der Waals surface area contributed by atoms with Crippen LogP contribution in [-0.4, -0.2) is 110 Å². The largest absolute Gasteiger partial charge is 0.456 e. The molecule has 0 aromatic heterocycles. The molecule has 1 aliphatic heterocycles. The zero-order valence-corrected chi connectivity index (χ0v) is 33.9. The zero-order valence-electron chi connectivity index (χ0n) is 33.9. The van der Waals surface area contributed by atoms with Crippen LogP contribution >= 0.6 is 0 Å². The van der Waals surface area contributed by atoms with Gasteiger partial charge in [-0.05, 0) is 63.5 Å². The predicted octanol–water partition coefficient (Wildman–Crippen LogP) is 3.26. The fourth-order valence-electron chi connectivity index (χ4n) is 9.56. The van der Waals surface area contributed by atoms with Gasteiger partial charge in [0.2, 0.25) is 0 Å². The van der Waals surface area contributed by atoms with E-state index in [9.17, 15) is 44.4 Å². The summed E-state index contributed by atoms with van der Waals surface area (Å²) in [6.07, 6.45) is -11.5. The number of benzene rings is 2. The number of amides is 1. The quantitative estimate of drug-likeness (QED) is 0.147. The summed E-state index contributed by atoms with van der Waals surface area (Å²) in [6, 6.07) is 14.6. The standard InChI is InChI=1S/C43H53NO14/c1-22-26(55-37(51)32(48)30(24-15-11-9-12-16-24)44-38(52)58-39(3,4)5)20-43(53)35(56-36(50)25-17-13-10-14-18-25)33-41(8,34(49)31(47)29(22)40(43,6)7)27(46)19-28-42(33,21-54-28)57-23(2)45/h9-18,26-28,30-33,35,46-48,53H,19-21H2,1-8H3,(H,44,52)/t26-,27-,28+,30?,31?,32+,33?,35-,41+,42?,43+/m0/s1. The molecule has 3 fully saturated rings. The minimum Gasteiger partial charge on any atom is -0.456 e. The second kappa shape index (κ2) is 15.2. The molecule has 1 amide bonds. The Labute approximate surface area is 336 Å². The molecule has 1 saturated heterocycles. The monoisotopic (exact) mass is 807 g/mol. The molecule has 5 N–H and O–H groups in total. The second-order valence-electron chi connectivity index (χ2n) is 17.6. The van der Waals surface area contributed by atoms with Crippen LogP contribution in [0, 0.1) is 16.7 Å². The van der Waals surface area contributed by atoms with E-state index >= 15 is 0 Å². The van der Waals surface area contributed by atoms with E-state index in [4.69, 9.17) is 23.7 Å². The van der Waals surface area contributed by atoms with Gasteiger partial charge in [0.05, 0.1) is 35.6 Å². The van der Waals surface area contributed by atoms with E-state index in [1.165, 1.54) is 26.0 Å². The van der Waals surface area contributed by atoms with Gasteiger partial charge >= 0.3 is 24.0 Å². The van der Waals surface area contributed by atoms with Crippen LogP contribution in [0.25, 0.3) is 0 Å². The highest BCUT2D eigenvalue weighted by Gasteiger charge is 2.78. The number of rotatable bonds is 8. The SMILES string of the molecule is CC(=O)OC12CO[C@@H]1C[C@H](O)[C@@]1(C)C(=O)C(O)C3=C(C)[C@@H](OC(=O)[C@H](O)C(NC(=O)OC(C)(C)C)c4ccccc4)C[C@@](O)([C@@H](OC(=O)c4ccccc4)C21)C3(C)C. The number of ether oxygens (including phenoxy) is 5. The molecule has 4 unspecified atom stereocenters. The molecule has 11 atom stereocenters. The Balaban J connectivity index is 1.49. The van der Waals surface area contributed by atoms with Gasteiger partial charge in [0.25, 0.3) is 0 Å². The van der Waals surface area contributed by atoms with Crippen LogP contribution in [0.1, 0.15) is 90.2 Å². The smallest absolute Gasteiger partial charge is 0.408 e. The first kappa shape index (κ1) is 42.9. The van der Waals surface area contributed by atoms with E-state index in [-0.39, 0.29) is 29.7 Å². The van der Waals surface area contributed by atoms with Gasteiger partial charge in [0.15, 0.2) is 17.5 Å². The van der Waals surface area contributed by atoms with Crippen molar-refractivity contribution in [1.29, 1.82) is 0 Å². The number of alkyl carbamates (subject to hydrolysis) is 1. The van der Waals surface area contributed by atoms with E-state index in [0.29, 0.717) is 5.56 Å². The average molecular weight is 808 g/mol. The Hall–Kier alpha value is -4.67. The summed E-state index contributed by atoms with van der Waals surface area (Å²) in [6.45, 7) is 11.8. The molecule has 15 nitrogen and oxygen atoms in total. The second-order valence-corrected chi connectivity index (χ2v) is 17.6. The van der Waals surface area contributed by atoms with Crippen molar-refractivity contribution in [1.82, 2.24) is 5.32 Å². The Morgan fingerprint density at radius 1 is 0.948 bits per heavy atom. The molecule has 2 bridgehead atoms. The summed E-state index contributed by atoms with van der Waals surface area (Å²) in [4.78, 5) is 68.9. The number of carbonyl (C=O) groups is 5. The van der Waals surface area contributed by atoms with Crippen LogP contribution in [-0.2, 0) is 38.1 Å². The zero-order chi connectivity index (χ0) is 42.7. The van der Waals surface area contributed by atoms with E-state index in [1.807, 2.05) is 0 Å². The van der Waals surface area contributed by atoms with E-state index in [0.717, 1.165) is 6.92 Å². The summed E-state index contributed by atoms with van der Waals surface area (Å²) in [5, 5.41) is 51.6. The molecule has 0 radical (unpaired) electrons. The summed E-state index contributed by atoms with van der Waals surface area (Å²) < 4.78 is 29.5. The summed E-state index contributed by atoms with van der Waals surface area (Å²) in [5.74, 6) is -5.36. The molecule has 2 saturated carbocycles. The molecular weight excluding hydrogens is 754 g/mol. The normalized spacial score (nSPS) is 33.7. The molecule has 58 heavy (non-hydrogen) atoms. The highest BCUT2D eigenvalue weighted by molar-refractivity contribution is 5.94. The van der Waals surface area contributed by atoms with E-state index in [1.54, 1.807) is 83.1 Å². The van der Waals surface area contributed by atoms with Crippen LogP contribution in [0.2, 0.25) is 0 Å². The van der Waals surface area contributed by atoms with Crippen LogP contribution in [0.4, 0.5) is 4.79 Å². The number of carbonyl (C=O) groups excluding carboxylic acids is 5. The van der Waals surface area contributed by atoms with Crippen molar-refractivity contribution < 1.29 is 68.1 Å². The van der Waals surface area contributed by atoms with E-state index < -0.39 is 112 Å². The van der Waals surface area contributed by atoms with Gasteiger partial charge in [0.1, 0.15) is 35.6 Å². The number of aliphatic hydroxyl groups excluding tert-OH is 3. The van der Waals surface area contributed by atoms with Crippen molar-refractivity contribution in [2.45, 2.75) is 128 Å². The lowest BCUT2D eigenvalue weighted by atomic mass is 9.44. The number of ketones is 1. The first-order valence-electron chi connectivity index (χ1n) is 19.3. The Bertz CT molecular complexity index is 1980. The fraction of sp³-hybridized carbons (Fsp3) is 0.558. The maximum absolute atomic E-state index is 14.9. The maximum atomic E-state index is 14.9. The van der Waals surface area contributed by atoms with Crippen LogP contribution in [0.3, 0.4) is 0 Å². The third-order valence-electron chi connectivity index (χ3n) is 12.6. The van der Waals surface area contributed by atoms with Gasteiger partial charge in [-0.3, -0.25) is 9.59 Å². The third-order valence-corrected chi connectivity index (χ3v) is 12.6. The van der Waals surface area contributed by atoms with Crippen molar-refractivity contribution in [3.8, 4) is 0 Å². The Kier molecular flexibility index (Phi) is 11.2. The van der Waals surface area contributed by atoms with Gasteiger partial charge in [-0.15, -0.1) is 0 Å². The van der Waals surface area contributed by atoms with Crippen molar-refractivity contribution in [2.75, 3.05) is 6.61 Å². The minimum atomic E-state index is -2.35. The van der Waals surface area contributed by atoms with Gasteiger partial charge in [-0.1, -0.05) is 62.4 Å². The molecule has 6 rings (SSSR count). The Morgan fingerprint density at radius 3 is 2.10 bits per heavy atom. The Morgan fingerprint density at radius 2 is 1.55 bits per heavy atom. The predicted molar refractivity (Wildman–Crippen MR) is 204 cm³/mol.